The van der Waals surface area contributed by atoms with Gasteiger partial charge in [-0.25, -0.2) is 0 Å². The number of aryl methyl sites for hydroxylation is 1. The van der Waals surface area contributed by atoms with Gasteiger partial charge in [0.25, 0.3) is 5.91 Å². The molecule has 0 aliphatic rings. The van der Waals surface area contributed by atoms with Crippen LogP contribution in [0.1, 0.15) is 15.2 Å². The summed E-state index contributed by atoms with van der Waals surface area (Å²) in [7, 11) is 0. The number of amides is 1. The molecule has 0 atom stereocenters. The van der Waals surface area contributed by atoms with E-state index in [0.29, 0.717) is 10.6 Å². The normalized spacial score (nSPS) is 10.4. The van der Waals surface area contributed by atoms with Gasteiger partial charge in [0.1, 0.15) is 5.75 Å². The van der Waals surface area contributed by atoms with Gasteiger partial charge in [-0.05, 0) is 46.6 Å². The molecule has 6 heteroatoms. The highest BCUT2D eigenvalue weighted by molar-refractivity contribution is 9.11. The number of hydrogen-bond donors (Lipinski definition) is 2. The maximum absolute atomic E-state index is 11.9. The van der Waals surface area contributed by atoms with Crippen molar-refractivity contribution in [3.63, 3.8) is 0 Å². The van der Waals surface area contributed by atoms with Gasteiger partial charge in [-0.3, -0.25) is 4.79 Å². The van der Waals surface area contributed by atoms with Crippen molar-refractivity contribution in [2.75, 3.05) is 5.32 Å². The van der Waals surface area contributed by atoms with Crippen molar-refractivity contribution in [1.82, 2.24) is 0 Å². The third-order valence-corrected chi connectivity index (χ3v) is 4.74. The van der Waals surface area contributed by atoms with E-state index in [0.717, 1.165) is 9.35 Å². The Kier molecular flexibility index (Phi) is 3.94. The summed E-state index contributed by atoms with van der Waals surface area (Å²) >= 11 is 10.4. The van der Waals surface area contributed by atoms with Crippen LogP contribution in [-0.2, 0) is 0 Å². The molecule has 0 aliphatic heterocycles. The minimum absolute atomic E-state index is 0.0574. The molecule has 18 heavy (non-hydrogen) atoms. The van der Waals surface area contributed by atoms with Crippen LogP contribution in [0.25, 0.3) is 0 Å². The molecule has 0 saturated carbocycles. The van der Waals surface area contributed by atoms with Gasteiger partial charge in [-0.2, -0.15) is 0 Å². The van der Waals surface area contributed by atoms with Crippen LogP contribution in [0.3, 0.4) is 0 Å². The number of halogens is 2. The SMILES string of the molecule is Cc1cc(C(=O)Nc2ccc(Cl)c(O)c2)sc1Br. The molecule has 2 N–H and O–H groups in total. The lowest BCUT2D eigenvalue weighted by atomic mass is 10.3. The summed E-state index contributed by atoms with van der Waals surface area (Å²) in [6.07, 6.45) is 0. The number of rotatable bonds is 2. The fourth-order valence-electron chi connectivity index (χ4n) is 1.35. The molecular weight excluding hydrogens is 338 g/mol. The van der Waals surface area contributed by atoms with Gasteiger partial charge in [0, 0.05) is 11.8 Å². The second kappa shape index (κ2) is 5.30. The second-order valence-corrected chi connectivity index (χ2v) is 6.46. The van der Waals surface area contributed by atoms with E-state index >= 15 is 0 Å². The van der Waals surface area contributed by atoms with Crippen molar-refractivity contribution in [2.24, 2.45) is 0 Å². The van der Waals surface area contributed by atoms with Crippen molar-refractivity contribution in [2.45, 2.75) is 6.92 Å². The van der Waals surface area contributed by atoms with Crippen molar-refractivity contribution in [3.05, 3.63) is 43.5 Å². The minimum Gasteiger partial charge on any atom is -0.506 e. The van der Waals surface area contributed by atoms with Gasteiger partial charge < -0.3 is 10.4 Å². The Morgan fingerprint density at radius 1 is 1.44 bits per heavy atom. The van der Waals surface area contributed by atoms with Crippen LogP contribution in [0.15, 0.2) is 28.1 Å². The number of phenols is 1. The van der Waals surface area contributed by atoms with Crippen LogP contribution in [0, 0.1) is 6.92 Å². The maximum Gasteiger partial charge on any atom is 0.265 e. The lowest BCUT2D eigenvalue weighted by molar-refractivity contribution is 0.103. The molecule has 2 aromatic rings. The molecule has 0 spiro atoms. The van der Waals surface area contributed by atoms with Crippen molar-refractivity contribution in [1.29, 1.82) is 0 Å². The lowest BCUT2D eigenvalue weighted by Crippen LogP contribution is -2.09. The highest BCUT2D eigenvalue weighted by Crippen LogP contribution is 2.29. The summed E-state index contributed by atoms with van der Waals surface area (Å²) in [4.78, 5) is 12.5. The Balaban J connectivity index is 2.18. The topological polar surface area (TPSA) is 49.3 Å². The fraction of sp³-hybridized carbons (Fsp3) is 0.0833. The Hall–Kier alpha value is -1.04. The molecule has 1 aromatic heterocycles. The summed E-state index contributed by atoms with van der Waals surface area (Å²) in [5.41, 5.74) is 1.52. The van der Waals surface area contributed by atoms with E-state index in [1.54, 1.807) is 12.1 Å². The monoisotopic (exact) mass is 345 g/mol. The van der Waals surface area contributed by atoms with Gasteiger partial charge in [-0.1, -0.05) is 11.6 Å². The molecule has 0 saturated heterocycles. The van der Waals surface area contributed by atoms with Crippen LogP contribution >= 0.6 is 38.9 Å². The zero-order valence-corrected chi connectivity index (χ0v) is 12.5. The van der Waals surface area contributed by atoms with Crippen LogP contribution in [0.5, 0.6) is 5.75 Å². The largest absolute Gasteiger partial charge is 0.506 e. The van der Waals surface area contributed by atoms with Gasteiger partial charge in [0.05, 0.1) is 13.7 Å². The van der Waals surface area contributed by atoms with Crippen molar-refractivity contribution >= 4 is 50.5 Å². The number of anilines is 1. The highest BCUT2D eigenvalue weighted by Gasteiger charge is 2.12. The number of carbonyl (C=O) groups excluding carboxylic acids is 1. The third-order valence-electron chi connectivity index (χ3n) is 2.28. The smallest absolute Gasteiger partial charge is 0.265 e. The number of thiophene rings is 1. The fourth-order valence-corrected chi connectivity index (χ4v) is 2.90. The Morgan fingerprint density at radius 2 is 2.17 bits per heavy atom. The maximum atomic E-state index is 11.9. The zero-order valence-electron chi connectivity index (χ0n) is 9.33. The van der Waals surface area contributed by atoms with E-state index < -0.39 is 0 Å². The summed E-state index contributed by atoms with van der Waals surface area (Å²) in [5, 5.41) is 12.4. The molecule has 0 fully saturated rings. The van der Waals surface area contributed by atoms with Gasteiger partial charge in [0.2, 0.25) is 0 Å². The van der Waals surface area contributed by atoms with Crippen molar-refractivity contribution in [3.8, 4) is 5.75 Å². The molecular formula is C12H9BrClNO2S. The molecule has 2 rings (SSSR count). The first-order valence-corrected chi connectivity index (χ1v) is 7.02. The molecule has 3 nitrogen and oxygen atoms in total. The molecule has 0 radical (unpaired) electrons. The average molecular weight is 347 g/mol. The van der Waals surface area contributed by atoms with Crippen LogP contribution in [-0.4, -0.2) is 11.0 Å². The molecule has 0 bridgehead atoms. The Bertz CT molecular complexity index is 593. The van der Waals surface area contributed by atoms with Crippen LogP contribution in [0.2, 0.25) is 5.02 Å². The molecule has 1 heterocycles. The quantitative estimate of drug-likeness (QED) is 0.845. The van der Waals surface area contributed by atoms with Crippen molar-refractivity contribution < 1.29 is 9.90 Å². The molecule has 94 valence electrons. The molecule has 0 unspecified atom stereocenters. The highest BCUT2D eigenvalue weighted by atomic mass is 79.9. The first-order valence-electron chi connectivity index (χ1n) is 5.03. The zero-order chi connectivity index (χ0) is 13.3. The summed E-state index contributed by atoms with van der Waals surface area (Å²) < 4.78 is 0.937. The molecule has 0 aliphatic carbocycles. The first-order chi connectivity index (χ1) is 8.47. The number of nitrogens with one attached hydrogen (secondary N) is 1. The Morgan fingerprint density at radius 3 is 2.72 bits per heavy atom. The number of carbonyl (C=O) groups is 1. The summed E-state index contributed by atoms with van der Waals surface area (Å²) in [6.45, 7) is 1.92. The van der Waals surface area contributed by atoms with E-state index in [9.17, 15) is 9.90 Å². The number of phenolic OH excluding ortho intramolecular Hbond substituents is 1. The van der Waals surface area contributed by atoms with Gasteiger partial charge in [-0.15, -0.1) is 11.3 Å². The molecule has 1 amide bonds. The predicted molar refractivity (Wildman–Crippen MR) is 77.8 cm³/mol. The number of aromatic hydroxyl groups is 1. The van der Waals surface area contributed by atoms with E-state index in [1.807, 2.05) is 6.92 Å². The standard InChI is InChI=1S/C12H9BrClNO2S/c1-6-4-10(18-11(6)13)12(17)15-7-2-3-8(14)9(16)5-7/h2-5,16H,1H3,(H,15,17). The number of hydrogen-bond acceptors (Lipinski definition) is 3. The molecule has 1 aromatic carbocycles. The van der Waals surface area contributed by atoms with E-state index in [-0.39, 0.29) is 16.7 Å². The average Bonchev–Trinajstić information content (AvgIpc) is 2.65. The van der Waals surface area contributed by atoms with E-state index in [4.69, 9.17) is 11.6 Å². The van der Waals surface area contributed by atoms with Crippen LogP contribution < -0.4 is 5.32 Å². The predicted octanol–water partition coefficient (Wildman–Crippen LogP) is 4.43. The lowest BCUT2D eigenvalue weighted by Gasteiger charge is -2.04. The Labute approximate surface area is 122 Å². The van der Waals surface area contributed by atoms with Gasteiger partial charge >= 0.3 is 0 Å². The third kappa shape index (κ3) is 2.85. The summed E-state index contributed by atoms with van der Waals surface area (Å²) in [6, 6.07) is 6.38. The van der Waals surface area contributed by atoms with Gasteiger partial charge in [0.15, 0.2) is 0 Å². The van der Waals surface area contributed by atoms with E-state index in [2.05, 4.69) is 21.2 Å². The minimum atomic E-state index is -0.212. The number of benzene rings is 1. The van der Waals surface area contributed by atoms with Crippen LogP contribution in [0.4, 0.5) is 5.69 Å². The second-order valence-electron chi connectivity index (χ2n) is 3.69. The summed E-state index contributed by atoms with van der Waals surface area (Å²) in [5.74, 6) is -0.270. The first kappa shape index (κ1) is 13.4. The van der Waals surface area contributed by atoms with E-state index in [1.165, 1.54) is 23.5 Å².